The summed E-state index contributed by atoms with van der Waals surface area (Å²) < 4.78 is 31.1. The fourth-order valence-electron chi connectivity index (χ4n) is 1.12. The molecule has 3 nitrogen and oxygen atoms in total. The van der Waals surface area contributed by atoms with Crippen LogP contribution < -0.4 is 5.90 Å². The first-order valence-electron chi connectivity index (χ1n) is 3.96. The van der Waals surface area contributed by atoms with Crippen molar-refractivity contribution in [2.45, 2.75) is 13.2 Å². The monoisotopic (exact) mass is 203 g/mol. The summed E-state index contributed by atoms with van der Waals surface area (Å²) >= 11 is 0. The number of hydrogen-bond donors (Lipinski definition) is 1. The third-order valence-electron chi connectivity index (χ3n) is 1.74. The first-order valence-corrected chi connectivity index (χ1v) is 3.96. The van der Waals surface area contributed by atoms with Gasteiger partial charge in [0.15, 0.2) is 0 Å². The van der Waals surface area contributed by atoms with Crippen LogP contribution in [0.2, 0.25) is 0 Å². The molecule has 14 heavy (non-hydrogen) atoms. The maximum absolute atomic E-state index is 13.2. The maximum atomic E-state index is 13.2. The summed E-state index contributed by atoms with van der Waals surface area (Å²) in [5.41, 5.74) is 0.260. The summed E-state index contributed by atoms with van der Waals surface area (Å²) in [7, 11) is 1.37. The highest BCUT2D eigenvalue weighted by Gasteiger charge is 2.10. The van der Waals surface area contributed by atoms with E-state index in [-0.39, 0.29) is 18.8 Å². The lowest BCUT2D eigenvalue weighted by Crippen LogP contribution is -2.03. The minimum Gasteiger partial charge on any atom is -0.380 e. The van der Waals surface area contributed by atoms with Crippen LogP contribution in [0.5, 0.6) is 0 Å². The van der Waals surface area contributed by atoms with Crippen LogP contribution in [0, 0.1) is 11.6 Å². The van der Waals surface area contributed by atoms with Gasteiger partial charge in [-0.3, -0.25) is 4.84 Å². The van der Waals surface area contributed by atoms with E-state index in [1.54, 1.807) is 0 Å². The highest BCUT2D eigenvalue weighted by molar-refractivity contribution is 5.25. The van der Waals surface area contributed by atoms with Gasteiger partial charge in [-0.2, -0.15) is 0 Å². The Morgan fingerprint density at radius 1 is 1.21 bits per heavy atom. The van der Waals surface area contributed by atoms with E-state index in [1.807, 2.05) is 0 Å². The van der Waals surface area contributed by atoms with Gasteiger partial charge in [0.1, 0.15) is 11.6 Å². The zero-order chi connectivity index (χ0) is 10.6. The fraction of sp³-hybridized carbons (Fsp3) is 0.333. The van der Waals surface area contributed by atoms with E-state index in [0.717, 1.165) is 0 Å². The van der Waals surface area contributed by atoms with Crippen LogP contribution in [0.25, 0.3) is 0 Å². The van der Waals surface area contributed by atoms with Crippen molar-refractivity contribution < 1.29 is 18.4 Å². The van der Waals surface area contributed by atoms with Crippen LogP contribution in [0.3, 0.4) is 0 Å². The van der Waals surface area contributed by atoms with Crippen LogP contribution in [0.15, 0.2) is 12.1 Å². The van der Waals surface area contributed by atoms with Gasteiger partial charge in [-0.15, -0.1) is 0 Å². The number of benzene rings is 1. The van der Waals surface area contributed by atoms with Crippen molar-refractivity contribution in [1.82, 2.24) is 0 Å². The number of halogens is 2. The SMILES string of the molecule is COCc1c(F)cc(CON)cc1F. The van der Waals surface area contributed by atoms with Gasteiger partial charge in [-0.05, 0) is 17.7 Å². The first kappa shape index (κ1) is 11.0. The lowest BCUT2D eigenvalue weighted by molar-refractivity contribution is 0.123. The van der Waals surface area contributed by atoms with Crippen molar-refractivity contribution >= 4 is 0 Å². The minimum atomic E-state index is -0.654. The molecule has 0 spiro atoms. The lowest BCUT2D eigenvalue weighted by Gasteiger charge is -2.06. The highest BCUT2D eigenvalue weighted by atomic mass is 19.1. The normalized spacial score (nSPS) is 10.6. The Balaban J connectivity index is 2.98. The molecule has 0 aliphatic heterocycles. The number of methoxy groups -OCH3 is 1. The van der Waals surface area contributed by atoms with E-state index in [2.05, 4.69) is 9.57 Å². The average molecular weight is 203 g/mol. The molecule has 1 aromatic carbocycles. The van der Waals surface area contributed by atoms with Crippen molar-refractivity contribution in [1.29, 1.82) is 0 Å². The first-order chi connectivity index (χ1) is 6.69. The second-order valence-electron chi connectivity index (χ2n) is 2.78. The number of rotatable bonds is 4. The summed E-state index contributed by atoms with van der Waals surface area (Å²) in [6.45, 7) is -0.122. The molecule has 0 heterocycles. The molecule has 2 N–H and O–H groups in total. The molecule has 5 heteroatoms. The van der Waals surface area contributed by atoms with Gasteiger partial charge in [0.05, 0.1) is 13.2 Å². The molecule has 0 radical (unpaired) electrons. The van der Waals surface area contributed by atoms with Crippen LogP contribution in [0.1, 0.15) is 11.1 Å². The topological polar surface area (TPSA) is 44.5 Å². The number of hydrogen-bond acceptors (Lipinski definition) is 3. The molecule has 0 fully saturated rings. The Bertz CT molecular complexity index is 295. The van der Waals surface area contributed by atoms with Gasteiger partial charge >= 0.3 is 0 Å². The predicted molar refractivity (Wildman–Crippen MR) is 46.0 cm³/mol. The zero-order valence-electron chi connectivity index (χ0n) is 7.72. The van der Waals surface area contributed by atoms with Crippen molar-refractivity contribution in [3.63, 3.8) is 0 Å². The molecule has 0 saturated carbocycles. The molecule has 0 bridgehead atoms. The van der Waals surface area contributed by atoms with Gasteiger partial charge in [0.2, 0.25) is 0 Å². The van der Waals surface area contributed by atoms with Gasteiger partial charge in [-0.1, -0.05) is 0 Å². The summed E-state index contributed by atoms with van der Waals surface area (Å²) in [6, 6.07) is 2.34. The highest BCUT2D eigenvalue weighted by Crippen LogP contribution is 2.16. The Hall–Kier alpha value is -1.04. The molecule has 1 aromatic rings. The van der Waals surface area contributed by atoms with Crippen molar-refractivity contribution in [2.24, 2.45) is 5.90 Å². The third-order valence-corrected chi connectivity index (χ3v) is 1.74. The molecule has 0 atom stereocenters. The van der Waals surface area contributed by atoms with E-state index in [1.165, 1.54) is 19.2 Å². The standard InChI is InChI=1S/C9H11F2NO2/c1-13-5-7-8(10)2-6(4-14-12)3-9(7)11/h2-3H,4-5,12H2,1H3. The van der Waals surface area contributed by atoms with Gasteiger partial charge in [0, 0.05) is 12.7 Å². The smallest absolute Gasteiger partial charge is 0.132 e. The Morgan fingerprint density at radius 3 is 2.21 bits per heavy atom. The molecule has 78 valence electrons. The van der Waals surface area contributed by atoms with Crippen molar-refractivity contribution in [3.8, 4) is 0 Å². The molecule has 0 amide bonds. The van der Waals surface area contributed by atoms with Crippen LogP contribution in [0.4, 0.5) is 8.78 Å². The third kappa shape index (κ3) is 2.47. The van der Waals surface area contributed by atoms with E-state index in [4.69, 9.17) is 5.90 Å². The zero-order valence-corrected chi connectivity index (χ0v) is 7.72. The van der Waals surface area contributed by atoms with Gasteiger partial charge in [0.25, 0.3) is 0 Å². The summed E-state index contributed by atoms with van der Waals surface area (Å²) in [5, 5.41) is 0. The summed E-state index contributed by atoms with van der Waals surface area (Å²) in [6.07, 6.45) is 0. The van der Waals surface area contributed by atoms with Gasteiger partial charge in [-0.25, -0.2) is 14.7 Å². The molecule has 0 aliphatic carbocycles. The number of ether oxygens (including phenoxy) is 1. The lowest BCUT2D eigenvalue weighted by atomic mass is 10.1. The average Bonchev–Trinajstić information content (AvgIpc) is 2.12. The molecular formula is C9H11F2NO2. The van der Waals surface area contributed by atoms with Gasteiger partial charge < -0.3 is 4.74 Å². The second kappa shape index (κ2) is 4.99. The minimum absolute atomic E-state index is 0.0267. The van der Waals surface area contributed by atoms with Crippen LogP contribution >= 0.6 is 0 Å². The molecule has 0 unspecified atom stereocenters. The molecule has 1 rings (SSSR count). The maximum Gasteiger partial charge on any atom is 0.132 e. The van der Waals surface area contributed by atoms with E-state index in [0.29, 0.717) is 5.56 Å². The molecule has 0 saturated heterocycles. The van der Waals surface area contributed by atoms with E-state index < -0.39 is 11.6 Å². The number of nitrogens with two attached hydrogens (primary N) is 1. The fourth-order valence-corrected chi connectivity index (χ4v) is 1.12. The summed E-state index contributed by atoms with van der Waals surface area (Å²) in [4.78, 5) is 4.27. The second-order valence-corrected chi connectivity index (χ2v) is 2.78. The Morgan fingerprint density at radius 2 is 1.79 bits per heavy atom. The summed E-state index contributed by atoms with van der Waals surface area (Å²) in [5.74, 6) is 3.48. The Labute approximate surface area is 80.4 Å². The Kier molecular flexibility index (Phi) is 3.94. The van der Waals surface area contributed by atoms with E-state index in [9.17, 15) is 8.78 Å². The van der Waals surface area contributed by atoms with Crippen molar-refractivity contribution in [2.75, 3.05) is 7.11 Å². The van der Waals surface area contributed by atoms with E-state index >= 15 is 0 Å². The van der Waals surface area contributed by atoms with Crippen LogP contribution in [-0.2, 0) is 22.8 Å². The largest absolute Gasteiger partial charge is 0.380 e. The predicted octanol–water partition coefficient (Wildman–Crippen LogP) is 1.50. The molecule has 0 aliphatic rings. The van der Waals surface area contributed by atoms with Crippen molar-refractivity contribution in [3.05, 3.63) is 34.9 Å². The van der Waals surface area contributed by atoms with Crippen LogP contribution in [-0.4, -0.2) is 7.11 Å². The molecule has 0 aromatic heterocycles. The quantitative estimate of drug-likeness (QED) is 0.754. The molecular weight excluding hydrogens is 192 g/mol.